The van der Waals surface area contributed by atoms with Crippen LogP contribution in [0.1, 0.15) is 11.5 Å². The summed E-state index contributed by atoms with van der Waals surface area (Å²) in [5.74, 6) is 1.25. The number of hydrogen-bond donors (Lipinski definition) is 0. The highest BCUT2D eigenvalue weighted by Gasteiger charge is 2.31. The van der Waals surface area contributed by atoms with Crippen LogP contribution in [0.15, 0.2) is 32.4 Å². The topological polar surface area (TPSA) is 120 Å². The van der Waals surface area contributed by atoms with E-state index in [0.29, 0.717) is 35.7 Å². The highest BCUT2D eigenvalue weighted by atomic mass is 32.2. The van der Waals surface area contributed by atoms with Crippen LogP contribution in [-0.4, -0.2) is 73.0 Å². The van der Waals surface area contributed by atoms with Crippen LogP contribution in [0.2, 0.25) is 0 Å². The number of benzene rings is 1. The van der Waals surface area contributed by atoms with Gasteiger partial charge in [0.05, 0.1) is 32.0 Å². The minimum atomic E-state index is -3.78. The zero-order chi connectivity index (χ0) is 23.0. The molecule has 3 heterocycles. The zero-order valence-corrected chi connectivity index (χ0v) is 19.2. The Labute approximate surface area is 185 Å². The number of aryl methyl sites for hydroxylation is 2. The third kappa shape index (κ3) is 3.85. The van der Waals surface area contributed by atoms with E-state index in [1.165, 1.54) is 29.3 Å². The lowest BCUT2D eigenvalue weighted by molar-refractivity contribution is 0.143. The molecule has 12 heteroatoms. The van der Waals surface area contributed by atoms with E-state index in [0.717, 1.165) is 0 Å². The molecular formula is C20H25N5O6S. The largest absolute Gasteiger partial charge is 0.497 e. The molecule has 0 bridgehead atoms. The minimum absolute atomic E-state index is 0.0631. The van der Waals surface area contributed by atoms with Gasteiger partial charge in [0.1, 0.15) is 22.2 Å². The van der Waals surface area contributed by atoms with Crippen LogP contribution in [-0.2, 0) is 16.7 Å². The van der Waals surface area contributed by atoms with Gasteiger partial charge in [-0.25, -0.2) is 13.1 Å². The molecule has 0 aliphatic carbocycles. The van der Waals surface area contributed by atoms with Crippen LogP contribution >= 0.6 is 0 Å². The molecule has 1 aliphatic heterocycles. The minimum Gasteiger partial charge on any atom is -0.497 e. The van der Waals surface area contributed by atoms with Gasteiger partial charge in [0.2, 0.25) is 10.0 Å². The lowest BCUT2D eigenvalue weighted by atomic mass is 10.2. The maximum atomic E-state index is 13.2. The molecular weight excluding hydrogens is 438 g/mol. The van der Waals surface area contributed by atoms with Crippen LogP contribution in [0.5, 0.6) is 11.5 Å². The van der Waals surface area contributed by atoms with Crippen molar-refractivity contribution in [3.63, 3.8) is 0 Å². The van der Waals surface area contributed by atoms with Gasteiger partial charge in [-0.1, -0.05) is 5.16 Å². The SMILES string of the molecule is COc1ccc(OC)c(S(=O)(=O)N2CCN(Cn3nc(C)c4c(C)onc4c3=O)CC2)c1. The van der Waals surface area contributed by atoms with Crippen LogP contribution in [0.25, 0.3) is 10.9 Å². The van der Waals surface area contributed by atoms with Gasteiger partial charge in [0.25, 0.3) is 5.56 Å². The third-order valence-corrected chi connectivity index (χ3v) is 7.51. The quantitative estimate of drug-likeness (QED) is 0.527. The number of piperazine rings is 1. The second-order valence-corrected chi connectivity index (χ2v) is 9.44. The van der Waals surface area contributed by atoms with E-state index in [4.69, 9.17) is 14.0 Å². The van der Waals surface area contributed by atoms with Crippen molar-refractivity contribution in [3.05, 3.63) is 40.0 Å². The first-order valence-electron chi connectivity index (χ1n) is 10.0. The summed E-state index contributed by atoms with van der Waals surface area (Å²) in [5.41, 5.74) is 0.574. The first-order chi connectivity index (χ1) is 15.3. The Kier molecular flexibility index (Phi) is 5.93. The Morgan fingerprint density at radius 1 is 1.09 bits per heavy atom. The van der Waals surface area contributed by atoms with Crippen molar-refractivity contribution < 1.29 is 22.4 Å². The summed E-state index contributed by atoms with van der Waals surface area (Å²) < 4.78 is 44.8. The number of sulfonamides is 1. The first-order valence-corrected chi connectivity index (χ1v) is 11.5. The van der Waals surface area contributed by atoms with Gasteiger partial charge in [-0.15, -0.1) is 0 Å². The normalized spacial score (nSPS) is 15.9. The summed E-state index contributed by atoms with van der Waals surface area (Å²) >= 11 is 0. The zero-order valence-electron chi connectivity index (χ0n) is 18.4. The fourth-order valence-corrected chi connectivity index (χ4v) is 5.46. The van der Waals surface area contributed by atoms with Gasteiger partial charge in [0, 0.05) is 32.2 Å². The van der Waals surface area contributed by atoms with Crippen molar-refractivity contribution in [1.29, 1.82) is 0 Å². The number of nitrogens with zero attached hydrogens (tertiary/aromatic N) is 5. The Morgan fingerprint density at radius 3 is 2.47 bits per heavy atom. The number of rotatable bonds is 6. The molecule has 0 amide bonds. The molecule has 11 nitrogen and oxygen atoms in total. The van der Waals surface area contributed by atoms with Gasteiger partial charge in [0.15, 0.2) is 5.52 Å². The van der Waals surface area contributed by atoms with Crippen molar-refractivity contribution in [2.45, 2.75) is 25.4 Å². The molecule has 1 aliphatic rings. The van der Waals surface area contributed by atoms with Crippen molar-refractivity contribution in [2.75, 3.05) is 40.4 Å². The van der Waals surface area contributed by atoms with E-state index >= 15 is 0 Å². The summed E-state index contributed by atoms with van der Waals surface area (Å²) in [6.45, 7) is 5.18. The fourth-order valence-electron chi connectivity index (χ4n) is 3.86. The number of fused-ring (bicyclic) bond motifs is 1. The maximum absolute atomic E-state index is 13.2. The number of hydrogen-bond acceptors (Lipinski definition) is 9. The van der Waals surface area contributed by atoms with Gasteiger partial charge in [-0.2, -0.15) is 9.40 Å². The van der Waals surface area contributed by atoms with E-state index in [1.807, 2.05) is 4.90 Å². The number of methoxy groups -OCH3 is 2. The number of ether oxygens (including phenoxy) is 2. The van der Waals surface area contributed by atoms with Crippen molar-refractivity contribution >= 4 is 20.9 Å². The highest BCUT2D eigenvalue weighted by molar-refractivity contribution is 7.89. The van der Waals surface area contributed by atoms with Crippen molar-refractivity contribution in [1.82, 2.24) is 24.1 Å². The molecule has 0 atom stereocenters. The number of aromatic nitrogens is 3. The fraction of sp³-hybridized carbons (Fsp3) is 0.450. The Morgan fingerprint density at radius 2 is 1.81 bits per heavy atom. The Bertz CT molecular complexity index is 1310. The molecule has 172 valence electrons. The standard InChI is InChI=1S/C20H25N5O6S/c1-13-18-14(2)31-22-19(18)20(26)25(21-13)12-23-7-9-24(10-8-23)32(27,28)17-11-15(29-3)5-6-16(17)30-4/h5-6,11H,7-10,12H2,1-4H3. The maximum Gasteiger partial charge on any atom is 0.298 e. The van der Waals surface area contributed by atoms with Crippen molar-refractivity contribution in [3.8, 4) is 11.5 Å². The van der Waals surface area contributed by atoms with E-state index in [1.54, 1.807) is 26.0 Å². The second-order valence-electron chi connectivity index (χ2n) is 7.53. The third-order valence-electron chi connectivity index (χ3n) is 5.59. The second kappa shape index (κ2) is 8.52. The molecule has 0 N–H and O–H groups in total. The van der Waals surface area contributed by atoms with Crippen LogP contribution in [0, 0.1) is 13.8 Å². The predicted molar refractivity (Wildman–Crippen MR) is 115 cm³/mol. The molecule has 1 saturated heterocycles. The van der Waals surface area contributed by atoms with E-state index in [-0.39, 0.29) is 41.5 Å². The van der Waals surface area contributed by atoms with E-state index < -0.39 is 10.0 Å². The molecule has 4 rings (SSSR count). The van der Waals surface area contributed by atoms with E-state index in [9.17, 15) is 13.2 Å². The van der Waals surface area contributed by atoms with Gasteiger partial charge in [-0.05, 0) is 26.0 Å². The van der Waals surface area contributed by atoms with Crippen LogP contribution in [0.4, 0.5) is 0 Å². The molecule has 1 fully saturated rings. The summed E-state index contributed by atoms with van der Waals surface area (Å²) in [4.78, 5) is 14.8. The van der Waals surface area contributed by atoms with Crippen LogP contribution < -0.4 is 15.0 Å². The molecule has 1 aromatic carbocycles. The van der Waals surface area contributed by atoms with Gasteiger partial charge in [-0.3, -0.25) is 9.69 Å². The lowest BCUT2D eigenvalue weighted by Gasteiger charge is -2.34. The van der Waals surface area contributed by atoms with Crippen molar-refractivity contribution in [2.24, 2.45) is 0 Å². The lowest BCUT2D eigenvalue weighted by Crippen LogP contribution is -2.49. The average Bonchev–Trinajstić information content (AvgIpc) is 3.19. The molecule has 0 unspecified atom stereocenters. The summed E-state index contributed by atoms with van der Waals surface area (Å²) in [6.07, 6.45) is 0. The van der Waals surface area contributed by atoms with Crippen LogP contribution in [0.3, 0.4) is 0 Å². The molecule has 3 aromatic rings. The average molecular weight is 464 g/mol. The first kappa shape index (κ1) is 22.2. The summed E-state index contributed by atoms with van der Waals surface area (Å²) in [7, 11) is -0.872. The van der Waals surface area contributed by atoms with Gasteiger partial charge >= 0.3 is 0 Å². The summed E-state index contributed by atoms with van der Waals surface area (Å²) in [6, 6.07) is 4.68. The smallest absolute Gasteiger partial charge is 0.298 e. The van der Waals surface area contributed by atoms with E-state index in [2.05, 4.69) is 10.3 Å². The monoisotopic (exact) mass is 463 g/mol. The Hall–Kier alpha value is -2.96. The molecule has 0 spiro atoms. The molecule has 32 heavy (non-hydrogen) atoms. The predicted octanol–water partition coefficient (Wildman–Crippen LogP) is 0.983. The highest BCUT2D eigenvalue weighted by Crippen LogP contribution is 2.31. The molecule has 0 radical (unpaired) electrons. The molecule has 2 aromatic heterocycles. The summed E-state index contributed by atoms with van der Waals surface area (Å²) in [5, 5.41) is 8.88. The Balaban J connectivity index is 1.51. The molecule has 0 saturated carbocycles. The van der Waals surface area contributed by atoms with Gasteiger partial charge < -0.3 is 14.0 Å².